The molecule has 4 rings (SSSR count). The van der Waals surface area contributed by atoms with Crippen LogP contribution in [0.15, 0.2) is 27.6 Å². The van der Waals surface area contributed by atoms with E-state index in [-0.39, 0.29) is 11.3 Å². The maximum Gasteiger partial charge on any atom is 0.284 e. The van der Waals surface area contributed by atoms with E-state index < -0.39 is 5.91 Å². The number of hydrogen-bond donors (Lipinski definition) is 2. The van der Waals surface area contributed by atoms with Gasteiger partial charge in [0.1, 0.15) is 5.58 Å². The number of rotatable bonds is 1. The van der Waals surface area contributed by atoms with Gasteiger partial charge < -0.3 is 15.5 Å². The minimum atomic E-state index is -0.537. The molecule has 3 N–H and O–H groups in total. The van der Waals surface area contributed by atoms with E-state index in [0.29, 0.717) is 0 Å². The summed E-state index contributed by atoms with van der Waals surface area (Å²) in [7, 11) is 0. The van der Waals surface area contributed by atoms with Crippen LogP contribution in [-0.4, -0.2) is 12.2 Å². The van der Waals surface area contributed by atoms with Crippen LogP contribution >= 0.6 is 0 Å². The van der Waals surface area contributed by atoms with Crippen LogP contribution in [0, 0.1) is 0 Å². The van der Waals surface area contributed by atoms with Crippen molar-refractivity contribution in [2.75, 3.05) is 5.32 Å². The van der Waals surface area contributed by atoms with Crippen LogP contribution in [0.1, 0.15) is 48.2 Å². The highest BCUT2D eigenvalue weighted by Crippen LogP contribution is 2.48. The second-order valence-electron chi connectivity index (χ2n) is 5.88. The lowest BCUT2D eigenvalue weighted by Gasteiger charge is -2.37. The summed E-state index contributed by atoms with van der Waals surface area (Å²) in [5, 5.41) is 4.11. The Labute approximate surface area is 122 Å². The number of fused-ring (bicyclic) bond motifs is 4. The van der Waals surface area contributed by atoms with Gasteiger partial charge in [0.25, 0.3) is 5.91 Å². The van der Waals surface area contributed by atoms with Gasteiger partial charge in [0.15, 0.2) is 5.76 Å². The molecular weight excluding hydrogens is 266 g/mol. The van der Waals surface area contributed by atoms with Crippen LogP contribution in [0.2, 0.25) is 0 Å². The largest absolute Gasteiger partial charge is 0.450 e. The first kappa shape index (κ1) is 12.4. The van der Waals surface area contributed by atoms with E-state index >= 15 is 0 Å². The molecule has 0 atom stereocenters. The fourth-order valence-corrected chi connectivity index (χ4v) is 3.61. The predicted octanol–water partition coefficient (Wildman–Crippen LogP) is 3.14. The fourth-order valence-electron chi connectivity index (χ4n) is 3.61. The Morgan fingerprint density at radius 3 is 2.86 bits per heavy atom. The molecule has 2 heterocycles. The van der Waals surface area contributed by atoms with Gasteiger partial charge in [0.2, 0.25) is 0 Å². The van der Waals surface area contributed by atoms with Crippen LogP contribution in [0.4, 0.5) is 5.69 Å². The number of nitrogens with one attached hydrogen (secondary N) is 1. The third kappa shape index (κ3) is 1.77. The van der Waals surface area contributed by atoms with Gasteiger partial charge >= 0.3 is 0 Å². The number of hydrogen-bond acceptors (Lipinski definition) is 4. The lowest BCUT2D eigenvalue weighted by Crippen LogP contribution is -2.31. The normalized spacial score (nSPS) is 19.4. The molecule has 0 saturated heterocycles. The van der Waals surface area contributed by atoms with Crippen LogP contribution in [0.3, 0.4) is 0 Å². The Morgan fingerprint density at radius 1 is 1.29 bits per heavy atom. The zero-order valence-electron chi connectivity index (χ0n) is 11.7. The van der Waals surface area contributed by atoms with E-state index in [2.05, 4.69) is 5.32 Å². The average Bonchev–Trinajstić information content (AvgIpc) is 2.92. The van der Waals surface area contributed by atoms with Crippen molar-refractivity contribution in [2.24, 2.45) is 10.7 Å². The number of aliphatic imine (C=N–C) groups is 1. The quantitative estimate of drug-likeness (QED) is 0.843. The summed E-state index contributed by atoms with van der Waals surface area (Å²) < 4.78 is 5.77. The molecule has 1 aromatic heterocycles. The Hall–Kier alpha value is -2.30. The molecule has 1 fully saturated rings. The topological polar surface area (TPSA) is 80.6 Å². The van der Waals surface area contributed by atoms with Crippen LogP contribution < -0.4 is 11.1 Å². The van der Waals surface area contributed by atoms with E-state index in [4.69, 9.17) is 15.1 Å². The van der Waals surface area contributed by atoms with Gasteiger partial charge in [-0.2, -0.15) is 0 Å². The first-order valence-corrected chi connectivity index (χ1v) is 7.37. The van der Waals surface area contributed by atoms with Gasteiger partial charge in [-0.1, -0.05) is 19.3 Å². The molecule has 2 aliphatic rings. The van der Waals surface area contributed by atoms with Crippen molar-refractivity contribution in [1.82, 2.24) is 0 Å². The SMILES string of the molecule is NC(=O)c1cc2ccc3c(c2o1)C1(CCCCC1)N=CN3. The monoisotopic (exact) mass is 283 g/mol. The van der Waals surface area contributed by atoms with E-state index in [9.17, 15) is 4.79 Å². The van der Waals surface area contributed by atoms with Crippen molar-refractivity contribution in [3.8, 4) is 0 Å². The lowest BCUT2D eigenvalue weighted by molar-refractivity contribution is 0.0976. The molecular formula is C16H17N3O2. The lowest BCUT2D eigenvalue weighted by atomic mass is 9.75. The molecule has 5 nitrogen and oxygen atoms in total. The Morgan fingerprint density at radius 2 is 2.10 bits per heavy atom. The van der Waals surface area contributed by atoms with Gasteiger partial charge in [-0.15, -0.1) is 0 Å². The second-order valence-corrected chi connectivity index (χ2v) is 5.88. The van der Waals surface area contributed by atoms with Crippen LogP contribution in [0.5, 0.6) is 0 Å². The van der Waals surface area contributed by atoms with Crippen LogP contribution in [0.25, 0.3) is 11.0 Å². The van der Waals surface area contributed by atoms with E-state index in [1.54, 1.807) is 12.4 Å². The maximum absolute atomic E-state index is 11.4. The molecule has 5 heteroatoms. The summed E-state index contributed by atoms with van der Waals surface area (Å²) in [6.45, 7) is 0. The van der Waals surface area contributed by atoms with Crippen molar-refractivity contribution in [3.63, 3.8) is 0 Å². The van der Waals surface area contributed by atoms with Gasteiger partial charge in [-0.05, 0) is 31.0 Å². The van der Waals surface area contributed by atoms with Gasteiger partial charge in [0, 0.05) is 16.6 Å². The molecule has 1 amide bonds. The number of benzene rings is 1. The molecule has 2 aromatic rings. The molecule has 1 spiro atoms. The molecule has 21 heavy (non-hydrogen) atoms. The number of nitrogens with two attached hydrogens (primary N) is 1. The Kier molecular flexibility index (Phi) is 2.58. The zero-order valence-corrected chi connectivity index (χ0v) is 11.7. The third-order valence-electron chi connectivity index (χ3n) is 4.61. The van der Waals surface area contributed by atoms with Gasteiger partial charge in [0.05, 0.1) is 11.9 Å². The molecule has 1 aliphatic heterocycles. The molecule has 1 saturated carbocycles. The molecule has 0 radical (unpaired) electrons. The smallest absolute Gasteiger partial charge is 0.284 e. The highest BCUT2D eigenvalue weighted by atomic mass is 16.3. The van der Waals surface area contributed by atoms with Crippen molar-refractivity contribution in [1.29, 1.82) is 0 Å². The summed E-state index contributed by atoms with van der Waals surface area (Å²) in [6.07, 6.45) is 7.40. The number of amides is 1. The van der Waals surface area contributed by atoms with Crippen molar-refractivity contribution in [3.05, 3.63) is 29.5 Å². The molecule has 108 valence electrons. The number of anilines is 1. The Bertz CT molecular complexity index is 754. The predicted molar refractivity (Wildman–Crippen MR) is 81.6 cm³/mol. The first-order valence-electron chi connectivity index (χ1n) is 7.37. The minimum absolute atomic E-state index is 0.207. The van der Waals surface area contributed by atoms with Gasteiger partial charge in [-0.25, -0.2) is 0 Å². The molecule has 0 unspecified atom stereocenters. The summed E-state index contributed by atoms with van der Waals surface area (Å²) >= 11 is 0. The number of nitrogens with zero attached hydrogens (tertiary/aromatic N) is 1. The highest BCUT2D eigenvalue weighted by Gasteiger charge is 2.39. The number of carbonyl (C=O) groups excluding carboxylic acids is 1. The highest BCUT2D eigenvalue weighted by molar-refractivity contribution is 5.98. The number of carbonyl (C=O) groups is 1. The standard InChI is InChI=1S/C16H17N3O2/c17-15(20)12-8-10-4-5-11-13(14(10)21-12)16(19-9-18-11)6-2-1-3-7-16/h4-5,8-9H,1-3,6-7H2,(H2,17,20)(H,18,19). The summed E-state index contributed by atoms with van der Waals surface area (Å²) in [5.41, 5.74) is 7.97. The summed E-state index contributed by atoms with van der Waals surface area (Å²) in [4.78, 5) is 16.1. The van der Waals surface area contributed by atoms with E-state index in [0.717, 1.165) is 47.9 Å². The fraction of sp³-hybridized carbons (Fsp3) is 0.375. The second kappa shape index (κ2) is 4.35. The minimum Gasteiger partial charge on any atom is -0.450 e. The molecule has 0 bridgehead atoms. The number of primary amides is 1. The number of furan rings is 1. The molecule has 1 aromatic carbocycles. The average molecular weight is 283 g/mol. The van der Waals surface area contributed by atoms with E-state index in [1.165, 1.54) is 6.42 Å². The van der Waals surface area contributed by atoms with Crippen molar-refractivity contribution < 1.29 is 9.21 Å². The molecule has 1 aliphatic carbocycles. The van der Waals surface area contributed by atoms with Gasteiger partial charge in [-0.3, -0.25) is 9.79 Å². The summed E-state index contributed by atoms with van der Waals surface area (Å²) in [5.74, 6) is -0.330. The zero-order chi connectivity index (χ0) is 14.4. The van der Waals surface area contributed by atoms with Crippen molar-refractivity contribution >= 4 is 28.9 Å². The van der Waals surface area contributed by atoms with E-state index in [1.807, 2.05) is 12.1 Å². The Balaban J connectivity index is 1.98. The summed E-state index contributed by atoms with van der Waals surface area (Å²) in [6, 6.07) is 5.69. The maximum atomic E-state index is 11.4. The van der Waals surface area contributed by atoms with Crippen molar-refractivity contribution in [2.45, 2.75) is 37.6 Å². The van der Waals surface area contributed by atoms with Crippen LogP contribution in [-0.2, 0) is 5.54 Å². The third-order valence-corrected chi connectivity index (χ3v) is 4.61. The first-order chi connectivity index (χ1) is 10.2.